The van der Waals surface area contributed by atoms with Crippen LogP contribution in [-0.2, 0) is 6.42 Å². The number of aryl methyl sites for hydroxylation is 1. The van der Waals surface area contributed by atoms with Crippen molar-refractivity contribution in [3.05, 3.63) is 41.5 Å². The molecule has 0 fully saturated rings. The molecule has 0 aliphatic heterocycles. The number of fused-ring (bicyclic) bond motifs is 3. The molecule has 0 aliphatic rings. The van der Waals surface area contributed by atoms with Gasteiger partial charge in [-0.05, 0) is 36.6 Å². The lowest BCUT2D eigenvalue weighted by atomic mass is 10.0. The van der Waals surface area contributed by atoms with Gasteiger partial charge in [0.2, 0.25) is 5.82 Å². The van der Waals surface area contributed by atoms with Crippen LogP contribution in [0.15, 0.2) is 28.7 Å². The summed E-state index contributed by atoms with van der Waals surface area (Å²) in [6.07, 6.45) is 3.74. The summed E-state index contributed by atoms with van der Waals surface area (Å²) < 4.78 is 39.3. The molecule has 1 aromatic heterocycles. The molecule has 0 radical (unpaired) electrons. The van der Waals surface area contributed by atoms with Crippen molar-refractivity contribution < 1.29 is 17.9 Å². The summed E-state index contributed by atoms with van der Waals surface area (Å²) in [7, 11) is 1.39. The molecule has 22 heavy (non-hydrogen) atoms. The quantitative estimate of drug-likeness (QED) is 0.572. The molecule has 3 rings (SSSR count). The lowest BCUT2D eigenvalue weighted by Crippen LogP contribution is -1.91. The van der Waals surface area contributed by atoms with Crippen LogP contribution in [0, 0.1) is 11.6 Å². The molecule has 0 saturated carbocycles. The Morgan fingerprint density at radius 2 is 1.64 bits per heavy atom. The van der Waals surface area contributed by atoms with Crippen molar-refractivity contribution in [1.82, 2.24) is 0 Å². The molecule has 0 atom stereocenters. The molecular weight excluding hydrogens is 286 g/mol. The zero-order valence-corrected chi connectivity index (χ0v) is 12.7. The van der Waals surface area contributed by atoms with Crippen LogP contribution >= 0.6 is 0 Å². The third-order valence-corrected chi connectivity index (χ3v) is 4.00. The van der Waals surface area contributed by atoms with Crippen LogP contribution in [0.2, 0.25) is 0 Å². The van der Waals surface area contributed by atoms with Crippen molar-refractivity contribution in [1.29, 1.82) is 0 Å². The van der Waals surface area contributed by atoms with Crippen LogP contribution < -0.4 is 4.74 Å². The summed E-state index contributed by atoms with van der Waals surface area (Å²) in [5.41, 5.74) is 0.780. The van der Waals surface area contributed by atoms with Gasteiger partial charge in [0, 0.05) is 10.8 Å². The molecule has 4 heteroatoms. The average molecular weight is 304 g/mol. The normalized spacial score (nSPS) is 11.5. The minimum absolute atomic E-state index is 0.0407. The van der Waals surface area contributed by atoms with Crippen LogP contribution in [0.5, 0.6) is 5.75 Å². The predicted octanol–water partition coefficient (Wildman–Crippen LogP) is 5.61. The zero-order valence-electron chi connectivity index (χ0n) is 12.7. The lowest BCUT2D eigenvalue weighted by Gasteiger charge is -2.02. The molecular formula is C18H18F2O2. The Bertz CT molecular complexity index is 821. The van der Waals surface area contributed by atoms with Gasteiger partial charge in [0.25, 0.3) is 0 Å². The highest BCUT2D eigenvalue weighted by atomic mass is 19.1. The van der Waals surface area contributed by atoms with Gasteiger partial charge in [-0.2, -0.15) is 4.39 Å². The monoisotopic (exact) mass is 304 g/mol. The smallest absolute Gasteiger partial charge is 0.208 e. The number of furan rings is 1. The van der Waals surface area contributed by atoms with E-state index in [9.17, 15) is 8.78 Å². The maximum absolute atomic E-state index is 14.6. The summed E-state index contributed by atoms with van der Waals surface area (Å²) in [5.74, 6) is -0.888. The summed E-state index contributed by atoms with van der Waals surface area (Å²) >= 11 is 0. The van der Waals surface area contributed by atoms with E-state index in [1.165, 1.54) is 13.2 Å². The van der Waals surface area contributed by atoms with Gasteiger partial charge in [-0.1, -0.05) is 25.8 Å². The number of hydrogen-bond donors (Lipinski definition) is 0. The number of halogens is 2. The van der Waals surface area contributed by atoms with Crippen LogP contribution in [0.4, 0.5) is 8.78 Å². The summed E-state index contributed by atoms with van der Waals surface area (Å²) in [5, 5.41) is 1.15. The number of rotatable bonds is 5. The van der Waals surface area contributed by atoms with Crippen molar-refractivity contribution >= 4 is 21.9 Å². The fourth-order valence-corrected chi connectivity index (χ4v) is 2.78. The first-order chi connectivity index (χ1) is 10.7. The summed E-state index contributed by atoms with van der Waals surface area (Å²) in [4.78, 5) is 0. The van der Waals surface area contributed by atoms with Gasteiger partial charge in [-0.3, -0.25) is 0 Å². The first-order valence-electron chi connectivity index (χ1n) is 7.53. The maximum Gasteiger partial charge on any atom is 0.208 e. The van der Waals surface area contributed by atoms with Crippen LogP contribution in [0.3, 0.4) is 0 Å². The number of unbranched alkanes of at least 4 members (excludes halogenated alkanes) is 2. The molecule has 0 unspecified atom stereocenters. The van der Waals surface area contributed by atoms with Gasteiger partial charge < -0.3 is 9.15 Å². The van der Waals surface area contributed by atoms with E-state index in [4.69, 9.17) is 9.15 Å². The minimum atomic E-state index is -0.594. The average Bonchev–Trinajstić information content (AvgIpc) is 2.91. The SMILES string of the molecule is CCCCCc1ccc2c(oc3c(F)c(OC)ccc32)c1F. The van der Waals surface area contributed by atoms with Crippen molar-refractivity contribution in [3.63, 3.8) is 0 Å². The Balaban J connectivity index is 2.14. The number of ether oxygens (including phenoxy) is 1. The van der Waals surface area contributed by atoms with E-state index in [0.717, 1.165) is 19.3 Å². The van der Waals surface area contributed by atoms with E-state index in [1.54, 1.807) is 18.2 Å². The third-order valence-electron chi connectivity index (χ3n) is 4.00. The van der Waals surface area contributed by atoms with Gasteiger partial charge in [0.1, 0.15) is 0 Å². The van der Waals surface area contributed by atoms with E-state index in [0.29, 0.717) is 22.8 Å². The first-order valence-corrected chi connectivity index (χ1v) is 7.53. The third kappa shape index (κ3) is 2.32. The highest BCUT2D eigenvalue weighted by Gasteiger charge is 2.18. The Labute approximate surface area is 127 Å². The maximum atomic E-state index is 14.6. The number of hydrogen-bond acceptors (Lipinski definition) is 2. The number of benzene rings is 2. The molecule has 0 N–H and O–H groups in total. The molecule has 3 aromatic rings. The van der Waals surface area contributed by atoms with Crippen molar-refractivity contribution in [3.8, 4) is 5.75 Å². The predicted molar refractivity (Wildman–Crippen MR) is 83.4 cm³/mol. The molecule has 2 nitrogen and oxygen atoms in total. The van der Waals surface area contributed by atoms with Gasteiger partial charge >= 0.3 is 0 Å². The van der Waals surface area contributed by atoms with Crippen LogP contribution in [0.25, 0.3) is 21.9 Å². The topological polar surface area (TPSA) is 22.4 Å². The molecule has 0 aliphatic carbocycles. The van der Waals surface area contributed by atoms with Gasteiger partial charge in [-0.25, -0.2) is 4.39 Å². The Kier molecular flexibility index (Phi) is 4.01. The highest BCUT2D eigenvalue weighted by Crippen LogP contribution is 2.36. The van der Waals surface area contributed by atoms with Gasteiger partial charge in [-0.15, -0.1) is 0 Å². The van der Waals surface area contributed by atoms with Crippen molar-refractivity contribution in [2.24, 2.45) is 0 Å². The molecule has 0 spiro atoms. The molecule has 2 aromatic carbocycles. The molecule has 0 bridgehead atoms. The van der Waals surface area contributed by atoms with Crippen LogP contribution in [0.1, 0.15) is 31.7 Å². The largest absolute Gasteiger partial charge is 0.494 e. The fraction of sp³-hybridized carbons (Fsp3) is 0.333. The summed E-state index contributed by atoms with van der Waals surface area (Å²) in [6, 6.07) is 6.79. The van der Waals surface area contributed by atoms with Crippen molar-refractivity contribution in [2.45, 2.75) is 32.6 Å². The fourth-order valence-electron chi connectivity index (χ4n) is 2.78. The molecule has 0 amide bonds. The molecule has 116 valence electrons. The van der Waals surface area contributed by atoms with E-state index < -0.39 is 5.82 Å². The van der Waals surface area contributed by atoms with Crippen LogP contribution in [-0.4, -0.2) is 7.11 Å². The van der Waals surface area contributed by atoms with Gasteiger partial charge in [0.15, 0.2) is 22.7 Å². The van der Waals surface area contributed by atoms with E-state index in [-0.39, 0.29) is 22.7 Å². The number of methoxy groups -OCH3 is 1. The Morgan fingerprint density at radius 3 is 2.32 bits per heavy atom. The van der Waals surface area contributed by atoms with Crippen molar-refractivity contribution in [2.75, 3.05) is 7.11 Å². The highest BCUT2D eigenvalue weighted by molar-refractivity contribution is 6.05. The second kappa shape index (κ2) is 5.95. The zero-order chi connectivity index (χ0) is 15.7. The van der Waals surface area contributed by atoms with Gasteiger partial charge in [0.05, 0.1) is 7.11 Å². The lowest BCUT2D eigenvalue weighted by molar-refractivity contribution is 0.385. The molecule has 1 heterocycles. The first kappa shape index (κ1) is 14.8. The van der Waals surface area contributed by atoms with E-state index in [1.807, 2.05) is 0 Å². The minimum Gasteiger partial charge on any atom is -0.494 e. The van der Waals surface area contributed by atoms with E-state index in [2.05, 4.69) is 6.92 Å². The standard InChI is InChI=1S/C18H18F2O2/c1-3-4-5-6-11-7-8-12-13-9-10-14(21-2)16(20)18(13)22-17(12)15(11)19/h7-10H,3-6H2,1-2H3. The summed E-state index contributed by atoms with van der Waals surface area (Å²) in [6.45, 7) is 2.11. The molecule has 0 saturated heterocycles. The van der Waals surface area contributed by atoms with E-state index >= 15 is 0 Å². The second-order valence-corrected chi connectivity index (χ2v) is 5.43. The second-order valence-electron chi connectivity index (χ2n) is 5.43. The Hall–Kier alpha value is -2.10. The Morgan fingerprint density at radius 1 is 0.955 bits per heavy atom.